The summed E-state index contributed by atoms with van der Waals surface area (Å²) < 4.78 is 36.3. The van der Waals surface area contributed by atoms with Gasteiger partial charge in [0.15, 0.2) is 4.93 Å². The molecule has 0 rings (SSSR count). The molecule has 0 aliphatic heterocycles. The largest absolute Gasteiger partial charge is 0.360 e. The average Bonchev–Trinajstić information content (AvgIpc) is 2.11. The number of methoxy groups -OCH3 is 1. The Bertz CT molecular complexity index is 242. The van der Waals surface area contributed by atoms with E-state index in [1.165, 1.54) is 7.11 Å². The maximum atomic E-state index is 11.1. The molecule has 0 spiro atoms. The van der Waals surface area contributed by atoms with Crippen molar-refractivity contribution in [1.29, 1.82) is 0 Å². The molecule has 0 aliphatic rings. The van der Waals surface area contributed by atoms with E-state index < -0.39 is 15.1 Å². The van der Waals surface area contributed by atoms with Crippen molar-refractivity contribution in [1.82, 2.24) is 0 Å². The van der Waals surface area contributed by atoms with E-state index in [2.05, 4.69) is 0 Å². The third-order valence-corrected chi connectivity index (χ3v) is 4.14. The summed E-state index contributed by atoms with van der Waals surface area (Å²) in [6.45, 7) is 3.73. The molecule has 0 saturated heterocycles. The molecule has 0 heterocycles. The number of hydrogen-bond acceptors (Lipinski definition) is 3. The summed E-state index contributed by atoms with van der Waals surface area (Å²) in [5.41, 5.74) is 0. The molecule has 0 fully saturated rings. The first-order chi connectivity index (χ1) is 6.43. The fraction of sp³-hybridized carbons (Fsp3) is 1.00. The molecule has 1 N–H and O–H groups in total. The van der Waals surface area contributed by atoms with Crippen LogP contribution >= 0.6 is 0 Å². The molecule has 1 atom stereocenters. The molecule has 5 heteroatoms. The van der Waals surface area contributed by atoms with Gasteiger partial charge in [0.05, 0.1) is 0 Å². The monoisotopic (exact) mass is 224 g/mol. The van der Waals surface area contributed by atoms with Crippen LogP contribution in [-0.4, -0.2) is 25.0 Å². The van der Waals surface area contributed by atoms with Crippen LogP contribution in [0.2, 0.25) is 0 Å². The van der Waals surface area contributed by atoms with E-state index in [1.54, 1.807) is 6.92 Å². The number of hydrogen-bond donors (Lipinski definition) is 1. The smallest absolute Gasteiger partial charge is 0.295 e. The molecular weight excluding hydrogens is 204 g/mol. The van der Waals surface area contributed by atoms with Crippen LogP contribution in [0.4, 0.5) is 0 Å². The van der Waals surface area contributed by atoms with Gasteiger partial charge in [0.25, 0.3) is 10.1 Å². The summed E-state index contributed by atoms with van der Waals surface area (Å²) in [5, 5.41) is 0. The molecule has 0 aromatic carbocycles. The average molecular weight is 224 g/mol. The van der Waals surface area contributed by atoms with Gasteiger partial charge in [-0.3, -0.25) is 4.55 Å². The molecule has 0 amide bonds. The summed E-state index contributed by atoms with van der Waals surface area (Å²) in [7, 11) is -2.81. The van der Waals surface area contributed by atoms with Crippen molar-refractivity contribution < 1.29 is 17.7 Å². The SMILES string of the molecule is CCCCCC(CC)(OC)S(=O)(=O)O. The Labute approximate surface area is 86.4 Å². The third kappa shape index (κ3) is 3.22. The van der Waals surface area contributed by atoms with Gasteiger partial charge < -0.3 is 4.74 Å². The maximum Gasteiger partial charge on any atom is 0.295 e. The Kier molecular flexibility index (Phi) is 5.63. The second-order valence-corrected chi connectivity index (χ2v) is 5.09. The van der Waals surface area contributed by atoms with Gasteiger partial charge in [0.1, 0.15) is 0 Å². The van der Waals surface area contributed by atoms with Crippen molar-refractivity contribution in [2.45, 2.75) is 50.9 Å². The Balaban J connectivity index is 4.56. The molecule has 0 aromatic heterocycles. The quantitative estimate of drug-likeness (QED) is 0.532. The predicted molar refractivity (Wildman–Crippen MR) is 55.7 cm³/mol. The highest BCUT2D eigenvalue weighted by Crippen LogP contribution is 2.28. The Morgan fingerprint density at radius 1 is 1.29 bits per heavy atom. The lowest BCUT2D eigenvalue weighted by Crippen LogP contribution is -2.39. The minimum absolute atomic E-state index is 0.270. The highest BCUT2D eigenvalue weighted by molar-refractivity contribution is 7.87. The Morgan fingerprint density at radius 3 is 2.14 bits per heavy atom. The lowest BCUT2D eigenvalue weighted by molar-refractivity contribution is 0.0411. The third-order valence-electron chi connectivity index (χ3n) is 2.54. The molecule has 86 valence electrons. The zero-order chi connectivity index (χ0) is 11.2. The van der Waals surface area contributed by atoms with Gasteiger partial charge in [-0.2, -0.15) is 8.42 Å². The predicted octanol–water partition coefficient (Wildman–Crippen LogP) is 2.21. The van der Waals surface area contributed by atoms with Gasteiger partial charge in [0.2, 0.25) is 0 Å². The standard InChI is InChI=1S/C9H20O4S/c1-4-6-7-8-9(5-2,13-3)14(10,11)12/h4-8H2,1-3H3,(H,10,11,12). The highest BCUT2D eigenvalue weighted by atomic mass is 32.2. The molecule has 0 aliphatic carbocycles. The van der Waals surface area contributed by atoms with Crippen molar-refractivity contribution >= 4 is 10.1 Å². The van der Waals surface area contributed by atoms with Crippen molar-refractivity contribution in [3.05, 3.63) is 0 Å². The Morgan fingerprint density at radius 2 is 1.86 bits per heavy atom. The molecular formula is C9H20O4S. The van der Waals surface area contributed by atoms with Crippen molar-refractivity contribution in [2.24, 2.45) is 0 Å². The van der Waals surface area contributed by atoms with Crippen LogP contribution in [0.3, 0.4) is 0 Å². The van der Waals surface area contributed by atoms with Crippen LogP contribution in [0.15, 0.2) is 0 Å². The maximum absolute atomic E-state index is 11.1. The fourth-order valence-corrected chi connectivity index (χ4v) is 2.46. The molecule has 14 heavy (non-hydrogen) atoms. The van der Waals surface area contributed by atoms with E-state index in [9.17, 15) is 8.42 Å². The summed E-state index contributed by atoms with van der Waals surface area (Å²) in [6.07, 6.45) is 3.33. The van der Waals surface area contributed by atoms with Crippen molar-refractivity contribution in [3.8, 4) is 0 Å². The van der Waals surface area contributed by atoms with Crippen LogP contribution in [0, 0.1) is 0 Å². The number of ether oxygens (including phenoxy) is 1. The summed E-state index contributed by atoms with van der Waals surface area (Å²) in [6, 6.07) is 0. The summed E-state index contributed by atoms with van der Waals surface area (Å²) in [4.78, 5) is -1.40. The first-order valence-electron chi connectivity index (χ1n) is 4.95. The second kappa shape index (κ2) is 5.68. The summed E-state index contributed by atoms with van der Waals surface area (Å²) in [5.74, 6) is 0. The second-order valence-electron chi connectivity index (χ2n) is 3.40. The molecule has 0 radical (unpaired) electrons. The van der Waals surface area contributed by atoms with Gasteiger partial charge in [-0.05, 0) is 19.3 Å². The first-order valence-corrected chi connectivity index (χ1v) is 6.39. The van der Waals surface area contributed by atoms with Crippen LogP contribution in [-0.2, 0) is 14.9 Å². The lowest BCUT2D eigenvalue weighted by Gasteiger charge is -2.27. The van der Waals surface area contributed by atoms with Crippen LogP contribution < -0.4 is 0 Å². The van der Waals surface area contributed by atoms with Crippen LogP contribution in [0.5, 0.6) is 0 Å². The number of unbranched alkanes of at least 4 members (excludes halogenated alkanes) is 2. The van der Waals surface area contributed by atoms with Gasteiger partial charge in [-0.25, -0.2) is 0 Å². The van der Waals surface area contributed by atoms with Crippen molar-refractivity contribution in [3.63, 3.8) is 0 Å². The first kappa shape index (κ1) is 13.9. The molecule has 4 nitrogen and oxygen atoms in total. The van der Waals surface area contributed by atoms with Crippen LogP contribution in [0.25, 0.3) is 0 Å². The van der Waals surface area contributed by atoms with E-state index in [0.29, 0.717) is 6.42 Å². The van der Waals surface area contributed by atoms with Gasteiger partial charge in [-0.1, -0.05) is 26.7 Å². The van der Waals surface area contributed by atoms with Crippen LogP contribution in [0.1, 0.15) is 46.0 Å². The number of rotatable bonds is 7. The Hall–Kier alpha value is -0.130. The van der Waals surface area contributed by atoms with E-state index in [1.807, 2.05) is 6.92 Å². The minimum atomic E-state index is -4.13. The van der Waals surface area contributed by atoms with Crippen molar-refractivity contribution in [2.75, 3.05) is 7.11 Å². The van der Waals surface area contributed by atoms with E-state index in [4.69, 9.17) is 9.29 Å². The fourth-order valence-electron chi connectivity index (χ4n) is 1.48. The zero-order valence-corrected chi connectivity index (χ0v) is 9.93. The normalized spacial score (nSPS) is 16.6. The summed E-state index contributed by atoms with van der Waals surface area (Å²) >= 11 is 0. The molecule has 0 saturated carbocycles. The molecule has 0 aromatic rings. The lowest BCUT2D eigenvalue weighted by atomic mass is 10.1. The van der Waals surface area contributed by atoms with Gasteiger partial charge in [-0.15, -0.1) is 0 Å². The zero-order valence-electron chi connectivity index (χ0n) is 9.12. The van der Waals surface area contributed by atoms with E-state index in [0.717, 1.165) is 19.3 Å². The van der Waals surface area contributed by atoms with E-state index >= 15 is 0 Å². The molecule has 0 bridgehead atoms. The molecule has 1 unspecified atom stereocenters. The highest BCUT2D eigenvalue weighted by Gasteiger charge is 2.40. The minimum Gasteiger partial charge on any atom is -0.360 e. The topological polar surface area (TPSA) is 63.6 Å². The van der Waals surface area contributed by atoms with E-state index in [-0.39, 0.29) is 6.42 Å². The van der Waals surface area contributed by atoms with Gasteiger partial charge >= 0.3 is 0 Å². The van der Waals surface area contributed by atoms with Gasteiger partial charge in [0, 0.05) is 7.11 Å².